The first-order chi connectivity index (χ1) is 8.85. The van der Waals surface area contributed by atoms with Crippen molar-refractivity contribution in [3.8, 4) is 0 Å². The fourth-order valence-electron chi connectivity index (χ4n) is 1.91. The summed E-state index contributed by atoms with van der Waals surface area (Å²) in [6.07, 6.45) is 0.0400. The van der Waals surface area contributed by atoms with E-state index in [2.05, 4.69) is 4.74 Å². The number of ether oxygens (including phenoxy) is 1. The van der Waals surface area contributed by atoms with E-state index in [-0.39, 0.29) is 32.0 Å². The minimum absolute atomic E-state index is 0.00914. The highest BCUT2D eigenvalue weighted by molar-refractivity contribution is 7.87. The third-order valence-electron chi connectivity index (χ3n) is 2.84. The molecule has 110 valence electrons. The lowest BCUT2D eigenvalue weighted by molar-refractivity contribution is -0.137. The zero-order chi connectivity index (χ0) is 14.5. The minimum Gasteiger partial charge on any atom is -0.481 e. The highest BCUT2D eigenvalue weighted by Gasteiger charge is 2.32. The molecule has 1 heterocycles. The SMILES string of the molecule is CCOC(=O)NS(=O)(=O)N1CCC(CCC(=O)O)C1. The summed E-state index contributed by atoms with van der Waals surface area (Å²) >= 11 is 0. The average Bonchev–Trinajstić information content (AvgIpc) is 2.75. The molecule has 1 saturated heterocycles. The van der Waals surface area contributed by atoms with E-state index in [4.69, 9.17) is 5.11 Å². The fraction of sp³-hybridized carbons (Fsp3) is 0.800. The molecule has 1 aliphatic rings. The van der Waals surface area contributed by atoms with Gasteiger partial charge in [0, 0.05) is 19.5 Å². The van der Waals surface area contributed by atoms with Gasteiger partial charge in [0.15, 0.2) is 0 Å². The zero-order valence-corrected chi connectivity index (χ0v) is 11.5. The second-order valence-electron chi connectivity index (χ2n) is 4.27. The van der Waals surface area contributed by atoms with Crippen LogP contribution in [-0.2, 0) is 19.7 Å². The van der Waals surface area contributed by atoms with Gasteiger partial charge in [-0.3, -0.25) is 4.79 Å². The van der Waals surface area contributed by atoms with Crippen LogP contribution in [0.1, 0.15) is 26.2 Å². The van der Waals surface area contributed by atoms with E-state index in [1.54, 1.807) is 11.6 Å². The lowest BCUT2D eigenvalue weighted by Gasteiger charge is -2.16. The third kappa shape index (κ3) is 5.03. The molecule has 2 N–H and O–H groups in total. The predicted octanol–water partition coefficient (Wildman–Crippen LogP) is 0.164. The molecule has 0 aromatic rings. The number of carboxylic acid groups (broad SMARTS) is 1. The van der Waals surface area contributed by atoms with Crippen molar-refractivity contribution in [2.75, 3.05) is 19.7 Å². The molecule has 0 radical (unpaired) electrons. The first kappa shape index (κ1) is 15.7. The number of carbonyl (C=O) groups excluding carboxylic acids is 1. The van der Waals surface area contributed by atoms with Crippen LogP contribution in [0.25, 0.3) is 0 Å². The molecule has 1 atom stereocenters. The maximum Gasteiger partial charge on any atom is 0.421 e. The number of aliphatic carboxylic acids is 1. The van der Waals surface area contributed by atoms with E-state index in [1.165, 1.54) is 0 Å². The van der Waals surface area contributed by atoms with Crippen LogP contribution >= 0.6 is 0 Å². The molecule has 0 aromatic heterocycles. The van der Waals surface area contributed by atoms with E-state index < -0.39 is 22.3 Å². The van der Waals surface area contributed by atoms with Crippen LogP contribution in [0.3, 0.4) is 0 Å². The maximum atomic E-state index is 11.8. The van der Waals surface area contributed by atoms with E-state index in [0.717, 1.165) is 4.31 Å². The molecule has 9 heteroatoms. The van der Waals surface area contributed by atoms with Gasteiger partial charge in [-0.1, -0.05) is 0 Å². The smallest absolute Gasteiger partial charge is 0.421 e. The summed E-state index contributed by atoms with van der Waals surface area (Å²) in [7, 11) is -3.89. The number of hydrogen-bond acceptors (Lipinski definition) is 5. The van der Waals surface area contributed by atoms with Gasteiger partial charge in [-0.15, -0.1) is 0 Å². The van der Waals surface area contributed by atoms with Crippen LogP contribution in [0.2, 0.25) is 0 Å². The molecule has 0 spiro atoms. The van der Waals surface area contributed by atoms with Gasteiger partial charge < -0.3 is 9.84 Å². The summed E-state index contributed by atoms with van der Waals surface area (Å²) in [5.74, 6) is -0.888. The molecule has 8 nitrogen and oxygen atoms in total. The van der Waals surface area contributed by atoms with Crippen molar-refractivity contribution >= 4 is 22.3 Å². The Morgan fingerprint density at radius 1 is 1.47 bits per heavy atom. The van der Waals surface area contributed by atoms with Crippen LogP contribution in [-0.4, -0.2) is 49.6 Å². The van der Waals surface area contributed by atoms with Gasteiger partial charge in [0.1, 0.15) is 0 Å². The molecule has 1 rings (SSSR count). The van der Waals surface area contributed by atoms with Crippen molar-refractivity contribution in [1.82, 2.24) is 9.03 Å². The summed E-state index contributed by atoms with van der Waals surface area (Å²) < 4.78 is 31.0. The number of nitrogens with zero attached hydrogens (tertiary/aromatic N) is 1. The van der Waals surface area contributed by atoms with Crippen LogP contribution in [0.5, 0.6) is 0 Å². The largest absolute Gasteiger partial charge is 0.481 e. The van der Waals surface area contributed by atoms with Crippen LogP contribution in [0, 0.1) is 5.92 Å². The summed E-state index contributed by atoms with van der Waals surface area (Å²) in [4.78, 5) is 21.5. The average molecular weight is 294 g/mol. The molecule has 1 unspecified atom stereocenters. The van der Waals surface area contributed by atoms with Crippen molar-refractivity contribution in [1.29, 1.82) is 0 Å². The van der Waals surface area contributed by atoms with Crippen molar-refractivity contribution in [3.63, 3.8) is 0 Å². The Balaban J connectivity index is 2.48. The van der Waals surface area contributed by atoms with E-state index in [9.17, 15) is 18.0 Å². The predicted molar refractivity (Wildman–Crippen MR) is 65.6 cm³/mol. The van der Waals surface area contributed by atoms with E-state index >= 15 is 0 Å². The quantitative estimate of drug-likeness (QED) is 0.721. The molecule has 19 heavy (non-hydrogen) atoms. The molecule has 0 saturated carbocycles. The van der Waals surface area contributed by atoms with Crippen molar-refractivity contribution in [2.45, 2.75) is 26.2 Å². The van der Waals surface area contributed by atoms with E-state index in [1.807, 2.05) is 0 Å². The minimum atomic E-state index is -3.89. The Kier molecular flexibility index (Phi) is 5.55. The first-order valence-electron chi connectivity index (χ1n) is 6.01. The molecule has 1 amide bonds. The number of hydrogen-bond donors (Lipinski definition) is 2. The van der Waals surface area contributed by atoms with Crippen molar-refractivity contribution < 1.29 is 27.9 Å². The topological polar surface area (TPSA) is 113 Å². The number of carboxylic acids is 1. The summed E-state index contributed by atoms with van der Waals surface area (Å²) in [6, 6.07) is 0. The number of rotatable bonds is 6. The van der Waals surface area contributed by atoms with Crippen LogP contribution in [0.15, 0.2) is 0 Å². The Hall–Kier alpha value is -1.35. The van der Waals surface area contributed by atoms with Gasteiger partial charge in [-0.05, 0) is 25.7 Å². The Morgan fingerprint density at radius 2 is 2.16 bits per heavy atom. The lowest BCUT2D eigenvalue weighted by atomic mass is 10.0. The standard InChI is InChI=1S/C10H18N2O6S/c1-2-18-10(15)11-19(16,17)12-6-5-8(7-12)3-4-9(13)14/h8H,2-7H2,1H3,(H,11,15)(H,13,14). The van der Waals surface area contributed by atoms with Gasteiger partial charge in [-0.25, -0.2) is 9.52 Å². The summed E-state index contributed by atoms with van der Waals surface area (Å²) in [5, 5.41) is 8.57. The van der Waals surface area contributed by atoms with Gasteiger partial charge in [0.05, 0.1) is 6.61 Å². The first-order valence-corrected chi connectivity index (χ1v) is 7.45. The van der Waals surface area contributed by atoms with Gasteiger partial charge in [0.25, 0.3) is 0 Å². The zero-order valence-electron chi connectivity index (χ0n) is 10.7. The molecule has 0 aliphatic carbocycles. The third-order valence-corrected chi connectivity index (χ3v) is 4.28. The van der Waals surface area contributed by atoms with E-state index in [0.29, 0.717) is 12.8 Å². The monoisotopic (exact) mass is 294 g/mol. The number of amides is 1. The number of carbonyl (C=O) groups is 2. The fourth-order valence-corrected chi connectivity index (χ4v) is 3.06. The molecule has 0 aromatic carbocycles. The molecule has 1 aliphatic heterocycles. The molecular weight excluding hydrogens is 276 g/mol. The number of nitrogens with one attached hydrogen (secondary N) is 1. The summed E-state index contributed by atoms with van der Waals surface area (Å²) in [5.41, 5.74) is 0. The van der Waals surface area contributed by atoms with Crippen LogP contribution in [0.4, 0.5) is 4.79 Å². The molecular formula is C10H18N2O6S. The van der Waals surface area contributed by atoms with Gasteiger partial charge in [-0.2, -0.15) is 12.7 Å². The Bertz CT molecular complexity index is 435. The molecule has 0 bridgehead atoms. The highest BCUT2D eigenvalue weighted by atomic mass is 32.2. The lowest BCUT2D eigenvalue weighted by Crippen LogP contribution is -2.42. The summed E-state index contributed by atoms with van der Waals surface area (Å²) in [6.45, 7) is 2.16. The Labute approximate surface area is 111 Å². The van der Waals surface area contributed by atoms with Gasteiger partial charge >= 0.3 is 22.3 Å². The second kappa shape index (κ2) is 6.71. The highest BCUT2D eigenvalue weighted by Crippen LogP contribution is 2.22. The second-order valence-corrected chi connectivity index (χ2v) is 5.94. The normalized spacial score (nSPS) is 20.2. The van der Waals surface area contributed by atoms with Crippen molar-refractivity contribution in [2.24, 2.45) is 5.92 Å². The molecule has 1 fully saturated rings. The Morgan fingerprint density at radius 3 is 2.74 bits per heavy atom. The van der Waals surface area contributed by atoms with Gasteiger partial charge in [0.2, 0.25) is 0 Å². The van der Waals surface area contributed by atoms with Crippen molar-refractivity contribution in [3.05, 3.63) is 0 Å². The van der Waals surface area contributed by atoms with Crippen LogP contribution < -0.4 is 4.72 Å². The maximum absolute atomic E-state index is 11.8.